The summed E-state index contributed by atoms with van der Waals surface area (Å²) in [4.78, 5) is 11.2. The van der Waals surface area contributed by atoms with Crippen LogP contribution in [0.15, 0.2) is 42.5 Å². The van der Waals surface area contributed by atoms with E-state index in [2.05, 4.69) is 0 Å². The van der Waals surface area contributed by atoms with E-state index in [-0.39, 0.29) is 17.1 Å². The van der Waals surface area contributed by atoms with Gasteiger partial charge in [-0.15, -0.1) is 0 Å². The third-order valence-electron chi connectivity index (χ3n) is 3.69. The Morgan fingerprint density at radius 3 is 2.23 bits per heavy atom. The maximum absolute atomic E-state index is 11.2. The van der Waals surface area contributed by atoms with Crippen LogP contribution < -0.4 is 0 Å². The number of aromatic hydroxyl groups is 2. The van der Waals surface area contributed by atoms with Crippen LogP contribution in [0, 0.1) is 0 Å². The van der Waals surface area contributed by atoms with Crippen molar-refractivity contribution >= 4 is 5.97 Å². The topological polar surface area (TPSA) is 77.8 Å². The van der Waals surface area contributed by atoms with Gasteiger partial charge in [0.25, 0.3) is 0 Å². The van der Waals surface area contributed by atoms with Crippen molar-refractivity contribution in [2.75, 3.05) is 0 Å². The minimum Gasteiger partial charge on any atom is -0.508 e. The number of aromatic carboxylic acids is 1. The number of unbranched alkanes of at least 4 members (excludes halogenated alkanes) is 2. The van der Waals surface area contributed by atoms with Gasteiger partial charge in [-0.2, -0.15) is 0 Å². The zero-order chi connectivity index (χ0) is 15.9. The summed E-state index contributed by atoms with van der Waals surface area (Å²) in [5.41, 5.74) is 1.87. The monoisotopic (exact) mass is 300 g/mol. The molecule has 2 aromatic carbocycles. The van der Waals surface area contributed by atoms with Crippen molar-refractivity contribution < 1.29 is 20.1 Å². The summed E-state index contributed by atoms with van der Waals surface area (Å²) in [7, 11) is 0. The van der Waals surface area contributed by atoms with Gasteiger partial charge in [-0.05, 0) is 55.0 Å². The highest BCUT2D eigenvalue weighted by Gasteiger charge is 2.14. The summed E-state index contributed by atoms with van der Waals surface area (Å²) in [6.07, 6.45) is 4.45. The van der Waals surface area contributed by atoms with E-state index in [4.69, 9.17) is 5.11 Å². The first-order valence-electron chi connectivity index (χ1n) is 7.40. The lowest BCUT2D eigenvalue weighted by molar-refractivity contribution is 0.0692. The van der Waals surface area contributed by atoms with Gasteiger partial charge in [0, 0.05) is 0 Å². The molecule has 0 fully saturated rings. The molecular weight excluding hydrogens is 280 g/mol. The maximum atomic E-state index is 11.2. The fraction of sp³-hybridized carbons (Fsp3) is 0.278. The molecule has 0 saturated carbocycles. The Morgan fingerprint density at radius 2 is 1.55 bits per heavy atom. The second-order valence-corrected chi connectivity index (χ2v) is 5.34. The van der Waals surface area contributed by atoms with E-state index in [1.165, 1.54) is 11.6 Å². The zero-order valence-electron chi connectivity index (χ0n) is 12.3. The number of carbonyl (C=O) groups is 1. The fourth-order valence-electron chi connectivity index (χ4n) is 2.53. The molecule has 0 aromatic heterocycles. The minimum atomic E-state index is -1.09. The van der Waals surface area contributed by atoms with Crippen LogP contribution in [0.1, 0.15) is 40.7 Å². The number of carboxylic acid groups (broad SMARTS) is 1. The Kier molecular flexibility index (Phi) is 5.42. The molecule has 0 amide bonds. The molecule has 0 aliphatic carbocycles. The van der Waals surface area contributed by atoms with Gasteiger partial charge < -0.3 is 15.3 Å². The van der Waals surface area contributed by atoms with Gasteiger partial charge in [0.2, 0.25) is 0 Å². The van der Waals surface area contributed by atoms with Crippen LogP contribution in [0.2, 0.25) is 0 Å². The van der Waals surface area contributed by atoms with Crippen molar-refractivity contribution in [1.82, 2.24) is 0 Å². The Labute approximate surface area is 129 Å². The number of benzene rings is 2. The fourth-order valence-corrected chi connectivity index (χ4v) is 2.53. The Bertz CT molecular complexity index is 632. The number of phenols is 2. The largest absolute Gasteiger partial charge is 0.508 e. The number of phenolic OH excluding ortho intramolecular Hbond substituents is 1. The minimum absolute atomic E-state index is 0.0148. The van der Waals surface area contributed by atoms with Crippen molar-refractivity contribution in [1.29, 1.82) is 0 Å². The number of carboxylic acids is 1. The van der Waals surface area contributed by atoms with E-state index in [1.54, 1.807) is 24.3 Å². The molecule has 4 nitrogen and oxygen atoms in total. The highest BCUT2D eigenvalue weighted by atomic mass is 16.4. The molecule has 0 unspecified atom stereocenters. The molecule has 0 atom stereocenters. The van der Waals surface area contributed by atoms with E-state index in [1.807, 2.05) is 12.1 Å². The normalized spacial score (nSPS) is 10.5. The van der Waals surface area contributed by atoms with E-state index in [0.717, 1.165) is 25.7 Å². The van der Waals surface area contributed by atoms with Crippen molar-refractivity contribution in [2.45, 2.75) is 32.1 Å². The summed E-state index contributed by atoms with van der Waals surface area (Å²) in [5, 5.41) is 28.0. The van der Waals surface area contributed by atoms with Crippen LogP contribution >= 0.6 is 0 Å². The van der Waals surface area contributed by atoms with E-state index >= 15 is 0 Å². The van der Waals surface area contributed by atoms with E-state index in [0.29, 0.717) is 12.0 Å². The van der Waals surface area contributed by atoms with Crippen molar-refractivity contribution in [3.8, 4) is 11.5 Å². The molecule has 0 saturated heterocycles. The number of hydrogen-bond donors (Lipinski definition) is 3. The number of aryl methyl sites for hydroxylation is 2. The van der Waals surface area contributed by atoms with E-state index < -0.39 is 5.97 Å². The second-order valence-electron chi connectivity index (χ2n) is 5.34. The summed E-state index contributed by atoms with van der Waals surface area (Å²) < 4.78 is 0. The van der Waals surface area contributed by atoms with Crippen molar-refractivity contribution in [3.05, 3.63) is 59.2 Å². The van der Waals surface area contributed by atoms with Gasteiger partial charge in [0.05, 0.1) is 0 Å². The van der Waals surface area contributed by atoms with Crippen LogP contribution in [-0.2, 0) is 12.8 Å². The first-order chi connectivity index (χ1) is 10.6. The average molecular weight is 300 g/mol. The van der Waals surface area contributed by atoms with Crippen LogP contribution in [0.3, 0.4) is 0 Å². The second kappa shape index (κ2) is 7.50. The smallest absolute Gasteiger partial charge is 0.339 e. The van der Waals surface area contributed by atoms with Crippen LogP contribution in [0.25, 0.3) is 0 Å². The number of hydrogen-bond acceptors (Lipinski definition) is 3. The summed E-state index contributed by atoms with van der Waals surface area (Å²) >= 11 is 0. The summed E-state index contributed by atoms with van der Waals surface area (Å²) in [6, 6.07) is 12.0. The molecule has 2 aromatic rings. The van der Waals surface area contributed by atoms with Crippen molar-refractivity contribution in [3.63, 3.8) is 0 Å². The highest BCUT2D eigenvalue weighted by molar-refractivity contribution is 5.92. The molecule has 0 aliphatic heterocycles. The highest BCUT2D eigenvalue weighted by Crippen LogP contribution is 2.23. The molecule has 3 N–H and O–H groups in total. The molecular formula is C18H20O4. The van der Waals surface area contributed by atoms with Gasteiger partial charge >= 0.3 is 5.97 Å². The standard InChI is InChI=1S/C18H20O4/c19-15-11-9-13(10-12-15)5-2-1-3-6-14-7-4-8-16(20)17(14)18(21)22/h4,7-12,19-20H,1-3,5-6H2,(H,21,22). The molecule has 0 bridgehead atoms. The Balaban J connectivity index is 1.81. The molecule has 2 rings (SSSR count). The average Bonchev–Trinajstić information content (AvgIpc) is 2.48. The van der Waals surface area contributed by atoms with Crippen LogP contribution in [0.4, 0.5) is 0 Å². The quantitative estimate of drug-likeness (QED) is 0.680. The molecule has 4 heteroatoms. The number of rotatable bonds is 7. The predicted octanol–water partition coefficient (Wildman–Crippen LogP) is 3.75. The van der Waals surface area contributed by atoms with Gasteiger partial charge in [0.15, 0.2) is 0 Å². The van der Waals surface area contributed by atoms with Crippen molar-refractivity contribution in [2.24, 2.45) is 0 Å². The zero-order valence-corrected chi connectivity index (χ0v) is 12.3. The summed E-state index contributed by atoms with van der Waals surface area (Å²) in [6.45, 7) is 0. The van der Waals surface area contributed by atoms with Gasteiger partial charge in [-0.3, -0.25) is 0 Å². The first kappa shape index (κ1) is 15.9. The lowest BCUT2D eigenvalue weighted by Crippen LogP contribution is -2.03. The predicted molar refractivity (Wildman–Crippen MR) is 84.4 cm³/mol. The molecule has 0 spiro atoms. The SMILES string of the molecule is O=C(O)c1c(O)cccc1CCCCCc1ccc(O)cc1. The molecule has 22 heavy (non-hydrogen) atoms. The molecule has 0 aliphatic rings. The van der Waals surface area contributed by atoms with Crippen LogP contribution in [-0.4, -0.2) is 21.3 Å². The third-order valence-corrected chi connectivity index (χ3v) is 3.69. The maximum Gasteiger partial charge on any atom is 0.339 e. The lowest BCUT2D eigenvalue weighted by Gasteiger charge is -2.08. The summed E-state index contributed by atoms with van der Waals surface area (Å²) in [5.74, 6) is -0.986. The van der Waals surface area contributed by atoms with Gasteiger partial charge in [0.1, 0.15) is 17.1 Å². The van der Waals surface area contributed by atoms with Gasteiger partial charge in [-0.1, -0.05) is 30.7 Å². The Hall–Kier alpha value is -2.49. The Morgan fingerprint density at radius 1 is 0.864 bits per heavy atom. The molecule has 0 heterocycles. The van der Waals surface area contributed by atoms with Gasteiger partial charge in [-0.25, -0.2) is 4.79 Å². The molecule has 116 valence electrons. The molecule has 0 radical (unpaired) electrons. The van der Waals surface area contributed by atoms with E-state index in [9.17, 15) is 15.0 Å². The first-order valence-corrected chi connectivity index (χ1v) is 7.40. The van der Waals surface area contributed by atoms with Crippen LogP contribution in [0.5, 0.6) is 11.5 Å². The third kappa shape index (κ3) is 4.25. The lowest BCUT2D eigenvalue weighted by atomic mass is 9.99.